The molecule has 0 aromatic heterocycles. The molecule has 0 unspecified atom stereocenters. The summed E-state index contributed by atoms with van der Waals surface area (Å²) in [4.78, 5) is 26.5. The summed E-state index contributed by atoms with van der Waals surface area (Å²) in [5.41, 5.74) is 2.11. The van der Waals surface area contributed by atoms with E-state index in [4.69, 9.17) is 4.74 Å². The van der Waals surface area contributed by atoms with Gasteiger partial charge in [-0.2, -0.15) is 13.2 Å². The number of carbonyl (C=O) groups is 2. The quantitative estimate of drug-likeness (QED) is 0.765. The first-order chi connectivity index (χ1) is 13.8. The van der Waals surface area contributed by atoms with Crippen molar-refractivity contribution >= 4 is 11.8 Å². The molecule has 1 saturated heterocycles. The Bertz CT molecular complexity index is 830. The molecular formula is C21H21F3N2O3. The summed E-state index contributed by atoms with van der Waals surface area (Å²) in [5.74, 6) is -0.670. The van der Waals surface area contributed by atoms with Gasteiger partial charge in [0.25, 0.3) is 5.91 Å². The largest absolute Gasteiger partial charge is 0.484 e. The van der Waals surface area contributed by atoms with E-state index < -0.39 is 18.5 Å². The van der Waals surface area contributed by atoms with Gasteiger partial charge in [-0.05, 0) is 23.3 Å². The predicted molar refractivity (Wildman–Crippen MR) is 101 cm³/mol. The van der Waals surface area contributed by atoms with E-state index in [0.717, 1.165) is 16.0 Å². The van der Waals surface area contributed by atoms with Crippen molar-refractivity contribution in [1.29, 1.82) is 0 Å². The van der Waals surface area contributed by atoms with Crippen LogP contribution in [-0.2, 0) is 9.59 Å². The smallest absolute Gasteiger partial charge is 0.397 e. The number of ether oxygens (including phenoxy) is 1. The molecule has 0 N–H and O–H groups in total. The van der Waals surface area contributed by atoms with Crippen LogP contribution < -0.4 is 4.74 Å². The maximum absolute atomic E-state index is 12.3. The number of hydrogen-bond donors (Lipinski definition) is 0. The first-order valence-corrected chi connectivity index (χ1v) is 9.22. The van der Waals surface area contributed by atoms with Crippen molar-refractivity contribution in [2.45, 2.75) is 12.6 Å². The second-order valence-corrected chi connectivity index (χ2v) is 6.73. The van der Waals surface area contributed by atoms with E-state index in [1.165, 1.54) is 4.90 Å². The van der Waals surface area contributed by atoms with E-state index in [-0.39, 0.29) is 38.7 Å². The van der Waals surface area contributed by atoms with E-state index in [0.29, 0.717) is 5.75 Å². The van der Waals surface area contributed by atoms with Crippen molar-refractivity contribution in [3.63, 3.8) is 0 Å². The van der Waals surface area contributed by atoms with E-state index in [1.807, 2.05) is 42.5 Å². The summed E-state index contributed by atoms with van der Waals surface area (Å²) in [5, 5.41) is 0. The number of alkyl halides is 3. The van der Waals surface area contributed by atoms with Gasteiger partial charge in [-0.15, -0.1) is 0 Å². The number of piperazine rings is 1. The van der Waals surface area contributed by atoms with Crippen LogP contribution in [0.25, 0.3) is 11.1 Å². The number of rotatable bonds is 5. The number of benzene rings is 2. The third-order valence-electron chi connectivity index (χ3n) is 4.66. The second-order valence-electron chi connectivity index (χ2n) is 6.73. The van der Waals surface area contributed by atoms with E-state index >= 15 is 0 Å². The fraction of sp³-hybridized carbons (Fsp3) is 0.333. The molecular weight excluding hydrogens is 385 g/mol. The van der Waals surface area contributed by atoms with Crippen LogP contribution in [0.15, 0.2) is 54.6 Å². The Kier molecular flexibility index (Phi) is 6.41. The Morgan fingerprint density at radius 2 is 1.31 bits per heavy atom. The van der Waals surface area contributed by atoms with Crippen LogP contribution in [-0.4, -0.2) is 60.6 Å². The van der Waals surface area contributed by atoms with Gasteiger partial charge in [-0.1, -0.05) is 42.5 Å². The molecule has 1 heterocycles. The molecule has 29 heavy (non-hydrogen) atoms. The molecule has 2 aromatic carbocycles. The number of hydrogen-bond acceptors (Lipinski definition) is 3. The van der Waals surface area contributed by atoms with Crippen LogP contribution >= 0.6 is 0 Å². The van der Waals surface area contributed by atoms with Crippen molar-refractivity contribution < 1.29 is 27.5 Å². The summed E-state index contributed by atoms with van der Waals surface area (Å²) in [6.07, 6.45) is -5.99. The van der Waals surface area contributed by atoms with Crippen LogP contribution in [0.4, 0.5) is 13.2 Å². The van der Waals surface area contributed by atoms with Crippen molar-refractivity contribution in [3.05, 3.63) is 54.6 Å². The highest BCUT2D eigenvalue weighted by Gasteiger charge is 2.34. The van der Waals surface area contributed by atoms with E-state index in [1.54, 1.807) is 12.1 Å². The highest BCUT2D eigenvalue weighted by Crippen LogP contribution is 2.23. The third-order valence-corrected chi connectivity index (χ3v) is 4.66. The first kappa shape index (κ1) is 20.7. The Morgan fingerprint density at radius 3 is 1.86 bits per heavy atom. The zero-order valence-electron chi connectivity index (χ0n) is 15.7. The third kappa shape index (κ3) is 5.97. The topological polar surface area (TPSA) is 49.9 Å². The molecule has 3 rings (SSSR count). The number of halogens is 3. The van der Waals surface area contributed by atoms with Crippen molar-refractivity contribution in [2.24, 2.45) is 0 Å². The fourth-order valence-corrected chi connectivity index (χ4v) is 3.10. The SMILES string of the molecule is O=C(COc1ccc(-c2ccccc2)cc1)N1CCN(C(=O)CC(F)(F)F)CC1. The fourth-order valence-electron chi connectivity index (χ4n) is 3.10. The molecule has 0 atom stereocenters. The molecule has 1 aliphatic heterocycles. The molecule has 154 valence electrons. The maximum Gasteiger partial charge on any atom is 0.397 e. The lowest BCUT2D eigenvalue weighted by atomic mass is 10.1. The molecule has 1 aliphatic rings. The summed E-state index contributed by atoms with van der Waals surface area (Å²) >= 11 is 0. The molecule has 0 bridgehead atoms. The molecule has 2 aromatic rings. The van der Waals surface area contributed by atoms with Gasteiger partial charge < -0.3 is 14.5 Å². The molecule has 0 aliphatic carbocycles. The van der Waals surface area contributed by atoms with Gasteiger partial charge in [0.2, 0.25) is 5.91 Å². The molecule has 8 heteroatoms. The highest BCUT2D eigenvalue weighted by molar-refractivity contribution is 5.79. The molecule has 5 nitrogen and oxygen atoms in total. The lowest BCUT2D eigenvalue weighted by Crippen LogP contribution is -2.52. The van der Waals surface area contributed by atoms with Gasteiger partial charge >= 0.3 is 6.18 Å². The zero-order chi connectivity index (χ0) is 20.9. The van der Waals surface area contributed by atoms with Gasteiger partial charge in [0.1, 0.15) is 12.2 Å². The Labute approximate surface area is 166 Å². The Balaban J connectivity index is 1.45. The average Bonchev–Trinajstić information content (AvgIpc) is 2.72. The number of carbonyl (C=O) groups excluding carboxylic acids is 2. The second kappa shape index (κ2) is 8.98. The minimum atomic E-state index is -4.52. The molecule has 0 saturated carbocycles. The predicted octanol–water partition coefficient (Wildman–Crippen LogP) is 3.36. The van der Waals surface area contributed by atoms with Gasteiger partial charge in [0.15, 0.2) is 6.61 Å². The van der Waals surface area contributed by atoms with Crippen molar-refractivity contribution in [1.82, 2.24) is 9.80 Å². The van der Waals surface area contributed by atoms with Crippen LogP contribution in [0.1, 0.15) is 6.42 Å². The Morgan fingerprint density at radius 1 is 0.793 bits per heavy atom. The minimum absolute atomic E-state index is 0.0897. The van der Waals surface area contributed by atoms with Gasteiger partial charge in [-0.25, -0.2) is 0 Å². The van der Waals surface area contributed by atoms with Crippen LogP contribution in [0.3, 0.4) is 0 Å². The highest BCUT2D eigenvalue weighted by atomic mass is 19.4. The lowest BCUT2D eigenvalue weighted by molar-refractivity contribution is -0.163. The average molecular weight is 406 g/mol. The molecule has 0 spiro atoms. The van der Waals surface area contributed by atoms with Crippen LogP contribution in [0.5, 0.6) is 5.75 Å². The maximum atomic E-state index is 12.3. The molecule has 2 amide bonds. The zero-order valence-corrected chi connectivity index (χ0v) is 15.7. The lowest BCUT2D eigenvalue weighted by Gasteiger charge is -2.34. The van der Waals surface area contributed by atoms with Crippen molar-refractivity contribution in [3.8, 4) is 16.9 Å². The van der Waals surface area contributed by atoms with Gasteiger partial charge in [0.05, 0.1) is 0 Å². The summed E-state index contributed by atoms with van der Waals surface area (Å²) in [6.45, 7) is 0.400. The monoisotopic (exact) mass is 406 g/mol. The van der Waals surface area contributed by atoms with Gasteiger partial charge in [-0.3, -0.25) is 9.59 Å². The summed E-state index contributed by atoms with van der Waals surface area (Å²) < 4.78 is 42.5. The summed E-state index contributed by atoms with van der Waals surface area (Å²) in [6, 6.07) is 17.2. The molecule has 0 radical (unpaired) electrons. The van der Waals surface area contributed by atoms with Crippen molar-refractivity contribution in [2.75, 3.05) is 32.8 Å². The normalized spacial score (nSPS) is 14.6. The number of nitrogens with zero attached hydrogens (tertiary/aromatic N) is 2. The summed E-state index contributed by atoms with van der Waals surface area (Å²) in [7, 11) is 0. The van der Waals surface area contributed by atoms with E-state index in [9.17, 15) is 22.8 Å². The van der Waals surface area contributed by atoms with Gasteiger partial charge in [0, 0.05) is 26.2 Å². The standard InChI is InChI=1S/C21H21F3N2O3/c22-21(23,24)14-19(27)25-10-12-26(13-11-25)20(28)15-29-18-8-6-17(7-9-18)16-4-2-1-3-5-16/h1-9H,10-15H2. The van der Waals surface area contributed by atoms with Crippen LogP contribution in [0, 0.1) is 0 Å². The Hall–Kier alpha value is -3.03. The number of amides is 2. The van der Waals surface area contributed by atoms with E-state index in [2.05, 4.69) is 0 Å². The minimum Gasteiger partial charge on any atom is -0.484 e. The molecule has 1 fully saturated rings. The first-order valence-electron chi connectivity index (χ1n) is 9.22. The van der Waals surface area contributed by atoms with Crippen LogP contribution in [0.2, 0.25) is 0 Å².